The van der Waals surface area contributed by atoms with E-state index in [1.165, 1.54) is 6.92 Å². The molecule has 4 N–H and O–H groups in total. The summed E-state index contributed by atoms with van der Waals surface area (Å²) in [7, 11) is -9.08. The maximum atomic E-state index is 10.3. The van der Waals surface area contributed by atoms with Crippen LogP contribution in [0.4, 0.5) is 0 Å². The molecule has 0 heterocycles. The van der Waals surface area contributed by atoms with Crippen molar-refractivity contribution in [3.05, 3.63) is 0 Å². The molecule has 1 unspecified atom stereocenters. The van der Waals surface area contributed by atoms with Crippen molar-refractivity contribution in [1.82, 2.24) is 0 Å². The minimum absolute atomic E-state index is 0.0315. The minimum Gasteiger partial charge on any atom is -0.303 e. The lowest BCUT2D eigenvalue weighted by Crippen LogP contribution is -2.09. The van der Waals surface area contributed by atoms with E-state index in [4.69, 9.17) is 19.6 Å². The molecule has 0 amide bonds. The zero-order valence-corrected chi connectivity index (χ0v) is 9.10. The molecule has 8 nitrogen and oxygen atoms in total. The number of hydrogen-bond acceptors (Lipinski definition) is 4. The minimum atomic E-state index is -4.55. The summed E-state index contributed by atoms with van der Waals surface area (Å²) in [5.41, 5.74) is 0. The first-order chi connectivity index (χ1) is 6.10. The van der Waals surface area contributed by atoms with Crippen LogP contribution in [0.15, 0.2) is 0 Å². The lowest BCUT2D eigenvalue weighted by molar-refractivity contribution is 0.115. The maximum absolute atomic E-state index is 10.3. The number of rotatable bonds is 6. The van der Waals surface area contributed by atoms with Gasteiger partial charge in [-0.2, -0.15) is 0 Å². The molecular formula is C4H12O8P2. The van der Waals surface area contributed by atoms with Crippen molar-refractivity contribution >= 4 is 15.6 Å². The van der Waals surface area contributed by atoms with E-state index in [1.807, 2.05) is 0 Å². The molecule has 86 valence electrons. The molecule has 0 saturated heterocycles. The van der Waals surface area contributed by atoms with Crippen molar-refractivity contribution in [3.8, 4) is 0 Å². The van der Waals surface area contributed by atoms with E-state index >= 15 is 0 Å². The number of hydrogen-bond donors (Lipinski definition) is 4. The summed E-state index contributed by atoms with van der Waals surface area (Å²) >= 11 is 0. The van der Waals surface area contributed by atoms with E-state index in [1.54, 1.807) is 0 Å². The summed E-state index contributed by atoms with van der Waals surface area (Å²) in [5.74, 6) is 0. The van der Waals surface area contributed by atoms with Gasteiger partial charge in [-0.05, 0) is 13.3 Å². The molecule has 10 heteroatoms. The summed E-state index contributed by atoms with van der Waals surface area (Å²) in [6.07, 6.45) is -0.877. The van der Waals surface area contributed by atoms with Crippen LogP contribution >= 0.6 is 15.6 Å². The number of phosphoric acid groups is 2. The third-order valence-electron chi connectivity index (χ3n) is 1.10. The molecule has 0 fully saturated rings. The Morgan fingerprint density at radius 3 is 2.00 bits per heavy atom. The van der Waals surface area contributed by atoms with Gasteiger partial charge in [0.1, 0.15) is 0 Å². The van der Waals surface area contributed by atoms with Crippen molar-refractivity contribution in [2.75, 3.05) is 6.61 Å². The summed E-state index contributed by atoms with van der Waals surface area (Å²) in [4.78, 5) is 33.2. The smallest absolute Gasteiger partial charge is 0.303 e. The van der Waals surface area contributed by atoms with E-state index in [-0.39, 0.29) is 13.0 Å². The van der Waals surface area contributed by atoms with Crippen LogP contribution in [0.3, 0.4) is 0 Å². The maximum Gasteiger partial charge on any atom is 0.469 e. The van der Waals surface area contributed by atoms with Gasteiger partial charge in [0.05, 0.1) is 12.7 Å². The normalized spacial score (nSPS) is 15.5. The summed E-state index contributed by atoms with van der Waals surface area (Å²) in [6.45, 7) is 1.01. The Kier molecular flexibility index (Phi) is 5.43. The van der Waals surface area contributed by atoms with Gasteiger partial charge in [0, 0.05) is 0 Å². The SMILES string of the molecule is CC(CCOP(=O)(O)O)OP(=O)(O)O. The topological polar surface area (TPSA) is 134 Å². The van der Waals surface area contributed by atoms with Crippen LogP contribution < -0.4 is 0 Å². The third kappa shape index (κ3) is 10.3. The lowest BCUT2D eigenvalue weighted by atomic mass is 10.3. The zero-order chi connectivity index (χ0) is 11.4. The highest BCUT2D eigenvalue weighted by Gasteiger charge is 2.20. The predicted molar refractivity (Wildman–Crippen MR) is 45.2 cm³/mol. The Morgan fingerprint density at radius 2 is 1.64 bits per heavy atom. The van der Waals surface area contributed by atoms with Crippen molar-refractivity contribution in [2.45, 2.75) is 19.4 Å². The van der Waals surface area contributed by atoms with E-state index in [0.717, 1.165) is 0 Å². The Balaban J connectivity index is 3.71. The molecule has 14 heavy (non-hydrogen) atoms. The molecule has 1 atom stereocenters. The van der Waals surface area contributed by atoms with Gasteiger partial charge in [0.15, 0.2) is 0 Å². The van der Waals surface area contributed by atoms with Crippen LogP contribution in [0.2, 0.25) is 0 Å². The van der Waals surface area contributed by atoms with Crippen molar-refractivity contribution < 1.29 is 37.8 Å². The highest BCUT2D eigenvalue weighted by molar-refractivity contribution is 7.46. The summed E-state index contributed by atoms with van der Waals surface area (Å²) in [6, 6.07) is 0. The molecule has 0 radical (unpaired) electrons. The third-order valence-corrected chi connectivity index (χ3v) is 2.25. The van der Waals surface area contributed by atoms with Crippen molar-refractivity contribution in [3.63, 3.8) is 0 Å². The summed E-state index contributed by atoms with van der Waals surface area (Å²) in [5, 5.41) is 0. The fourth-order valence-electron chi connectivity index (χ4n) is 0.625. The number of phosphoric ester groups is 2. The first-order valence-corrected chi connectivity index (χ1v) is 6.60. The summed E-state index contributed by atoms with van der Waals surface area (Å²) < 4.78 is 28.7. The molecule has 0 bridgehead atoms. The van der Waals surface area contributed by atoms with Crippen LogP contribution in [-0.4, -0.2) is 32.3 Å². The van der Waals surface area contributed by atoms with Crippen LogP contribution in [0.5, 0.6) is 0 Å². The van der Waals surface area contributed by atoms with Gasteiger partial charge in [-0.1, -0.05) is 0 Å². The van der Waals surface area contributed by atoms with Crippen LogP contribution in [0.25, 0.3) is 0 Å². The van der Waals surface area contributed by atoms with Gasteiger partial charge in [-0.25, -0.2) is 9.13 Å². The largest absolute Gasteiger partial charge is 0.469 e. The molecule has 0 saturated carbocycles. The molecular weight excluding hydrogens is 238 g/mol. The van der Waals surface area contributed by atoms with E-state index in [9.17, 15) is 9.13 Å². The van der Waals surface area contributed by atoms with Crippen molar-refractivity contribution in [1.29, 1.82) is 0 Å². The van der Waals surface area contributed by atoms with Gasteiger partial charge in [-0.15, -0.1) is 0 Å². The zero-order valence-electron chi connectivity index (χ0n) is 7.31. The monoisotopic (exact) mass is 250 g/mol. The average molecular weight is 250 g/mol. The Morgan fingerprint density at radius 1 is 1.14 bits per heavy atom. The highest BCUT2D eigenvalue weighted by atomic mass is 31.2. The van der Waals surface area contributed by atoms with Crippen molar-refractivity contribution in [2.24, 2.45) is 0 Å². The molecule has 0 aromatic carbocycles. The fourth-order valence-corrected chi connectivity index (χ4v) is 1.54. The van der Waals surface area contributed by atoms with Gasteiger partial charge in [0.2, 0.25) is 0 Å². The Bertz CT molecular complexity index is 252. The van der Waals surface area contributed by atoms with E-state index in [0.29, 0.717) is 0 Å². The average Bonchev–Trinajstić information content (AvgIpc) is 1.78. The standard InChI is InChI=1S/C4H12O8P2/c1-4(12-14(8,9)10)2-3-11-13(5,6)7/h4H,2-3H2,1H3,(H2,5,6,7)(H2,8,9,10). The lowest BCUT2D eigenvalue weighted by Gasteiger charge is -2.13. The molecule has 0 spiro atoms. The van der Waals surface area contributed by atoms with Crippen LogP contribution in [-0.2, 0) is 18.2 Å². The van der Waals surface area contributed by atoms with Crippen LogP contribution in [0.1, 0.15) is 13.3 Å². The van der Waals surface area contributed by atoms with Gasteiger partial charge < -0.3 is 19.6 Å². The molecule has 0 aromatic heterocycles. The fraction of sp³-hybridized carbons (Fsp3) is 1.00. The Labute approximate surface area is 80.3 Å². The van der Waals surface area contributed by atoms with E-state index in [2.05, 4.69) is 9.05 Å². The molecule has 0 rings (SSSR count). The molecule has 0 aliphatic heterocycles. The van der Waals surface area contributed by atoms with Crippen LogP contribution in [0, 0.1) is 0 Å². The molecule has 0 aliphatic rings. The van der Waals surface area contributed by atoms with Gasteiger partial charge in [0.25, 0.3) is 0 Å². The quantitative estimate of drug-likeness (QED) is 0.483. The second-order valence-electron chi connectivity index (χ2n) is 2.52. The second-order valence-corrected chi connectivity index (χ2v) is 4.95. The van der Waals surface area contributed by atoms with Gasteiger partial charge >= 0.3 is 15.6 Å². The highest BCUT2D eigenvalue weighted by Crippen LogP contribution is 2.39. The Hall–Kier alpha value is 0.220. The molecule has 0 aliphatic carbocycles. The van der Waals surface area contributed by atoms with Gasteiger partial charge in [-0.3, -0.25) is 9.05 Å². The predicted octanol–water partition coefficient (Wildman–Crippen LogP) is -0.0164. The first kappa shape index (κ1) is 14.2. The molecule has 0 aromatic rings. The first-order valence-electron chi connectivity index (χ1n) is 3.54. The second kappa shape index (κ2) is 5.34. The van der Waals surface area contributed by atoms with E-state index < -0.39 is 21.7 Å².